The molecule has 0 radical (unpaired) electrons. The Morgan fingerprint density at radius 1 is 0.429 bits per heavy atom. The van der Waals surface area contributed by atoms with Crippen LogP contribution in [-0.4, -0.2) is 145 Å². The van der Waals surface area contributed by atoms with E-state index in [0.29, 0.717) is 104 Å². The third-order valence-electron chi connectivity index (χ3n) is 25.8. The number of likely N-dealkylation sites (tertiary alicyclic amines) is 1. The molecule has 5 saturated heterocycles. The van der Waals surface area contributed by atoms with Crippen molar-refractivity contribution in [3.63, 3.8) is 0 Å². The standard InChI is InChI=1S/C29H30ClN3O2.C27H28ClN3O2.C26H28ClN3O.C22H23N3O2/c1-19(34)27-18-32(29-22(17-31)4-2-5-26(27)29)12-3-13-33-24-10-11-25(33)15-20(14-24)16-28(35)21-6-8-23(30)9-7-21;1-18(32)24-17-30(27-19(16-29)6-4-7-23(24)27)12-5-13-31-20-10-11-21(31)15-22(14-20)33-26-9-3-2-8-25(26)28;1-19(31)24-18-30(26-22(16-28)9-4-10-23(24)26)14-6-13-29-12-5-7-20(17-29)15-21-8-2-3-11-25(21)27;1-17(26)21-16-25(22-18(15-23)7-5-10-20(21)22)13-6-11-24-12-14-27-19-8-3-2-4-9-19/h2,4-9,18,20,24-25H,3,10-16H2,1H3;2-4,6-9,17,20-22H,5,10-15H2,1H3;2-4,8-11,18,20H,5-7,12-15,17H2,1H3;2-5,7-10,16,24H,6,11-14H2,1H3. The van der Waals surface area contributed by atoms with Gasteiger partial charge in [0.2, 0.25) is 0 Å². The number of fused-ring (bicyclic) bond motifs is 8. The number of carbonyl (C=O) groups is 5. The second-order valence-corrected chi connectivity index (χ2v) is 35.5. The number of benzene rings is 8. The van der Waals surface area contributed by atoms with Crippen molar-refractivity contribution < 1.29 is 33.4 Å². The molecule has 4 aromatic heterocycles. The first-order valence-corrected chi connectivity index (χ1v) is 45.6. The smallest absolute Gasteiger partial charge is 0.163 e. The van der Waals surface area contributed by atoms with Crippen LogP contribution in [0.4, 0.5) is 0 Å². The van der Waals surface area contributed by atoms with Gasteiger partial charge in [-0.15, -0.1) is 0 Å². The summed E-state index contributed by atoms with van der Waals surface area (Å²) in [4.78, 5) is 68.9. The molecule has 4 bridgehead atoms. The van der Waals surface area contributed by atoms with Crippen molar-refractivity contribution in [3.05, 3.63) is 271 Å². The summed E-state index contributed by atoms with van der Waals surface area (Å²) in [5.74, 6) is 3.07. The number of Topliss-reactive ketones (excluding diaryl/α,β-unsaturated/α-hetero) is 5. The normalized spacial score (nSPS) is 18.4. The van der Waals surface area contributed by atoms with E-state index in [-0.39, 0.29) is 35.0 Å². The van der Waals surface area contributed by atoms with Crippen LogP contribution >= 0.6 is 34.8 Å². The maximum absolute atomic E-state index is 12.8. The van der Waals surface area contributed by atoms with E-state index in [4.69, 9.17) is 44.3 Å². The summed E-state index contributed by atoms with van der Waals surface area (Å²) in [7, 11) is 0. The van der Waals surface area contributed by atoms with Crippen molar-refractivity contribution in [2.45, 2.75) is 187 Å². The highest BCUT2D eigenvalue weighted by Gasteiger charge is 2.43. The minimum Gasteiger partial charge on any atom is -0.492 e. The molecule has 5 fully saturated rings. The molecule has 0 amide bonds. The van der Waals surface area contributed by atoms with Crippen molar-refractivity contribution in [1.82, 2.24) is 38.3 Å². The van der Waals surface area contributed by atoms with E-state index in [1.54, 1.807) is 45.9 Å². The SMILES string of the molecule is CC(=O)c1cn(CCCN2C3CCC2CC(CC(=O)c2ccc(Cl)cc2)C3)c2c(C#N)cccc12.CC(=O)c1cn(CCCN2C3CCC2CC(Oc2ccccc2Cl)C3)c2c(C#N)cccc12.CC(=O)c1cn(CCCN2CCCC(Cc3ccccc3Cl)C2)c2c(C#N)cccc12.CC(=O)c1cn(CCCNCCOc2ccccc2)c2c(C#N)cccc12. The number of aryl methyl sites for hydroxylation is 4. The van der Waals surface area contributed by atoms with Crippen LogP contribution in [0.1, 0.15) is 204 Å². The lowest BCUT2D eigenvalue weighted by Gasteiger charge is -2.39. The first-order chi connectivity index (χ1) is 61.3. The summed E-state index contributed by atoms with van der Waals surface area (Å²) >= 11 is 18.6. The Morgan fingerprint density at radius 2 is 0.849 bits per heavy atom. The van der Waals surface area contributed by atoms with E-state index in [1.165, 1.54) is 44.1 Å². The van der Waals surface area contributed by atoms with Crippen LogP contribution in [0.15, 0.2) is 201 Å². The van der Waals surface area contributed by atoms with Gasteiger partial charge in [0.1, 0.15) is 48.5 Å². The average Bonchev–Trinajstić information content (AvgIpc) is 1.64. The van der Waals surface area contributed by atoms with Gasteiger partial charge in [0, 0.05) is 167 Å². The van der Waals surface area contributed by atoms with E-state index in [1.807, 2.05) is 175 Å². The van der Waals surface area contributed by atoms with Gasteiger partial charge >= 0.3 is 0 Å². The summed E-state index contributed by atoms with van der Waals surface area (Å²) < 4.78 is 20.2. The number of ether oxygens (including phenoxy) is 2. The minimum atomic E-state index is 0.0185. The predicted molar refractivity (Wildman–Crippen MR) is 499 cm³/mol. The van der Waals surface area contributed by atoms with Crippen LogP contribution in [0.25, 0.3) is 43.6 Å². The summed E-state index contributed by atoms with van der Waals surface area (Å²) in [6, 6.07) is 66.5. The monoisotopic (exact) mass is 1740 g/mol. The van der Waals surface area contributed by atoms with Gasteiger partial charge in [0.05, 0.1) is 49.3 Å². The zero-order valence-corrected chi connectivity index (χ0v) is 74.6. The quantitative estimate of drug-likeness (QED) is 0.0314. The zero-order valence-electron chi connectivity index (χ0n) is 72.3. The fourth-order valence-electron chi connectivity index (χ4n) is 20.0. The Hall–Kier alpha value is -11.5. The number of nitrogens with zero attached hydrogens (tertiary/aromatic N) is 11. The number of rotatable bonds is 31. The van der Waals surface area contributed by atoms with Crippen LogP contribution in [-0.2, 0) is 32.6 Å². The molecule has 1 N–H and O–H groups in total. The summed E-state index contributed by atoms with van der Waals surface area (Å²) in [6.45, 7) is 16.9. The molecule has 9 heterocycles. The lowest BCUT2D eigenvalue weighted by molar-refractivity contribution is 0.0482. The Bertz CT molecular complexity index is 6050. The van der Waals surface area contributed by atoms with Crippen LogP contribution in [0.3, 0.4) is 0 Å². The van der Waals surface area contributed by atoms with Crippen molar-refractivity contribution in [2.24, 2.45) is 11.8 Å². The topological polar surface area (TPSA) is 240 Å². The molecular formula is C104H109Cl3N12O7. The molecule has 0 saturated carbocycles. The van der Waals surface area contributed by atoms with Crippen LogP contribution in [0, 0.1) is 57.2 Å². The number of hydrogen-bond acceptors (Lipinski definition) is 15. The van der Waals surface area contributed by atoms with Crippen LogP contribution in [0.5, 0.6) is 11.5 Å². The number of para-hydroxylation sites is 6. The highest BCUT2D eigenvalue weighted by molar-refractivity contribution is 6.32. The molecule has 126 heavy (non-hydrogen) atoms. The summed E-state index contributed by atoms with van der Waals surface area (Å²) in [6.07, 6.45) is 24.8. The molecule has 5 aliphatic heterocycles. The van der Waals surface area contributed by atoms with Gasteiger partial charge < -0.3 is 38.0 Å². The van der Waals surface area contributed by atoms with E-state index in [0.717, 1.165) is 195 Å². The van der Waals surface area contributed by atoms with Gasteiger partial charge in [-0.05, 0) is 240 Å². The Kier molecular flexibility index (Phi) is 31.1. The zero-order chi connectivity index (χ0) is 88.3. The highest BCUT2D eigenvalue weighted by atomic mass is 35.5. The van der Waals surface area contributed by atoms with Gasteiger partial charge in [-0.25, -0.2) is 0 Å². The third-order valence-corrected chi connectivity index (χ3v) is 26.7. The van der Waals surface area contributed by atoms with Crippen molar-refractivity contribution in [2.75, 3.05) is 52.4 Å². The van der Waals surface area contributed by atoms with Gasteiger partial charge in [0.25, 0.3) is 0 Å². The number of nitrogens with one attached hydrogen (secondary N) is 1. The predicted octanol–water partition coefficient (Wildman–Crippen LogP) is 21.6. The number of hydrogen-bond donors (Lipinski definition) is 1. The van der Waals surface area contributed by atoms with Gasteiger partial charge in [-0.1, -0.05) is 132 Å². The third kappa shape index (κ3) is 22.0. The number of aromatic nitrogens is 4. The number of piperidine rings is 3. The Labute approximate surface area is 753 Å². The molecule has 19 nitrogen and oxygen atoms in total. The lowest BCUT2D eigenvalue weighted by atomic mass is 9.85. The van der Waals surface area contributed by atoms with Crippen molar-refractivity contribution in [1.29, 1.82) is 21.0 Å². The fourth-order valence-corrected chi connectivity index (χ4v) is 20.6. The molecule has 17 rings (SSSR count). The van der Waals surface area contributed by atoms with Crippen LogP contribution < -0.4 is 14.8 Å². The number of nitriles is 4. The molecule has 0 spiro atoms. The summed E-state index contributed by atoms with van der Waals surface area (Å²) in [5, 5.41) is 47.2. The van der Waals surface area contributed by atoms with Gasteiger partial charge in [-0.3, -0.25) is 33.8 Å². The molecule has 12 aromatic rings. The number of carbonyl (C=O) groups excluding carboxylic acids is 5. The minimum absolute atomic E-state index is 0.0185. The Morgan fingerprint density at radius 3 is 1.29 bits per heavy atom. The molecule has 648 valence electrons. The van der Waals surface area contributed by atoms with Gasteiger partial charge in [0.15, 0.2) is 28.9 Å². The summed E-state index contributed by atoms with van der Waals surface area (Å²) in [5.41, 5.74) is 10.7. The molecule has 8 aromatic carbocycles. The van der Waals surface area contributed by atoms with E-state index in [2.05, 4.69) is 70.1 Å². The number of halogens is 3. The first kappa shape index (κ1) is 90.8. The Balaban J connectivity index is 0.000000137. The molecular weight excluding hydrogens is 1640 g/mol. The molecule has 0 aliphatic carbocycles. The molecule has 5 unspecified atom stereocenters. The van der Waals surface area contributed by atoms with Gasteiger partial charge in [-0.2, -0.15) is 21.0 Å². The molecule has 5 aliphatic rings. The maximum atomic E-state index is 12.8. The van der Waals surface area contributed by atoms with Crippen LogP contribution in [0.2, 0.25) is 15.1 Å². The number of ketones is 5. The lowest BCUT2D eigenvalue weighted by Crippen LogP contribution is -2.46. The van der Waals surface area contributed by atoms with E-state index < -0.39 is 0 Å². The highest BCUT2D eigenvalue weighted by Crippen LogP contribution is 2.43. The maximum Gasteiger partial charge on any atom is 0.163 e. The first-order valence-electron chi connectivity index (χ1n) is 44.4. The second-order valence-electron chi connectivity index (χ2n) is 34.2. The largest absolute Gasteiger partial charge is 0.492 e. The van der Waals surface area contributed by atoms with Crippen molar-refractivity contribution in [3.8, 4) is 35.8 Å². The average molecular weight is 1750 g/mol. The fraction of sp³-hybridized carbons (Fsp3) is 0.375. The molecule has 5 atom stereocenters. The van der Waals surface area contributed by atoms with E-state index in [9.17, 15) is 45.0 Å². The second kappa shape index (κ2) is 43.2. The van der Waals surface area contributed by atoms with Crippen molar-refractivity contribution >= 4 is 107 Å². The molecule has 22 heteroatoms. The van der Waals surface area contributed by atoms with E-state index >= 15 is 0 Å².